The fraction of sp³-hybridized carbons (Fsp3) is 0.200. The van der Waals surface area contributed by atoms with Crippen LogP contribution in [0.1, 0.15) is 0 Å². The van der Waals surface area contributed by atoms with Crippen LogP contribution < -0.4 is 11.1 Å². The van der Waals surface area contributed by atoms with Crippen LogP contribution in [-0.4, -0.2) is 13.1 Å². The van der Waals surface area contributed by atoms with Crippen molar-refractivity contribution in [1.29, 1.82) is 0 Å². The number of hydrogen-bond donors (Lipinski definition) is 2. The molecule has 0 unspecified atom stereocenters. The number of thiophene rings is 1. The maximum atomic E-state index is 5.43. The average molecular weight is 192 g/mol. The third-order valence-corrected chi connectivity index (χ3v) is 2.90. The summed E-state index contributed by atoms with van der Waals surface area (Å²) in [7, 11) is 0. The third kappa shape index (κ3) is 1.66. The molecule has 0 amide bonds. The highest BCUT2D eigenvalue weighted by molar-refractivity contribution is 7.17. The van der Waals surface area contributed by atoms with E-state index in [1.54, 1.807) is 11.3 Å². The summed E-state index contributed by atoms with van der Waals surface area (Å²) in [6, 6.07) is 8.38. The third-order valence-electron chi connectivity index (χ3n) is 1.94. The summed E-state index contributed by atoms with van der Waals surface area (Å²) >= 11 is 1.76. The van der Waals surface area contributed by atoms with Crippen LogP contribution in [0.3, 0.4) is 0 Å². The van der Waals surface area contributed by atoms with Crippen LogP contribution in [0.4, 0.5) is 5.69 Å². The molecule has 0 aliphatic rings. The van der Waals surface area contributed by atoms with E-state index in [1.165, 1.54) is 15.8 Å². The van der Waals surface area contributed by atoms with Gasteiger partial charge < -0.3 is 11.1 Å². The summed E-state index contributed by atoms with van der Waals surface area (Å²) in [6.07, 6.45) is 0. The molecule has 2 aromatic rings. The Morgan fingerprint density at radius 1 is 1.31 bits per heavy atom. The molecule has 0 atom stereocenters. The van der Waals surface area contributed by atoms with E-state index in [-0.39, 0.29) is 0 Å². The Morgan fingerprint density at radius 3 is 3.00 bits per heavy atom. The van der Waals surface area contributed by atoms with Gasteiger partial charge in [-0.3, -0.25) is 0 Å². The number of nitrogens with two attached hydrogens (primary N) is 1. The average Bonchev–Trinajstić information content (AvgIpc) is 2.58. The van der Waals surface area contributed by atoms with Crippen LogP contribution in [0.5, 0.6) is 0 Å². The number of hydrogen-bond acceptors (Lipinski definition) is 3. The number of benzene rings is 1. The van der Waals surface area contributed by atoms with Gasteiger partial charge in [0, 0.05) is 28.6 Å². The molecule has 68 valence electrons. The molecule has 0 bridgehead atoms. The van der Waals surface area contributed by atoms with Crippen molar-refractivity contribution in [3.8, 4) is 0 Å². The van der Waals surface area contributed by atoms with Gasteiger partial charge in [0.25, 0.3) is 0 Å². The molecule has 2 rings (SSSR count). The van der Waals surface area contributed by atoms with E-state index in [0.717, 1.165) is 6.54 Å². The molecule has 1 aromatic heterocycles. The minimum atomic E-state index is 0.671. The molecule has 2 nitrogen and oxygen atoms in total. The van der Waals surface area contributed by atoms with E-state index in [4.69, 9.17) is 5.73 Å². The minimum Gasteiger partial charge on any atom is -0.383 e. The summed E-state index contributed by atoms with van der Waals surface area (Å²) in [4.78, 5) is 0. The second kappa shape index (κ2) is 3.77. The van der Waals surface area contributed by atoms with Crippen LogP contribution in [0, 0.1) is 0 Å². The fourth-order valence-electron chi connectivity index (χ4n) is 1.32. The van der Waals surface area contributed by atoms with E-state index in [9.17, 15) is 0 Å². The predicted molar refractivity (Wildman–Crippen MR) is 59.4 cm³/mol. The van der Waals surface area contributed by atoms with Gasteiger partial charge in [-0.2, -0.15) is 0 Å². The van der Waals surface area contributed by atoms with Gasteiger partial charge >= 0.3 is 0 Å². The van der Waals surface area contributed by atoms with Gasteiger partial charge in [0.15, 0.2) is 0 Å². The fourth-order valence-corrected chi connectivity index (χ4v) is 2.24. The molecule has 0 spiro atoms. The van der Waals surface area contributed by atoms with E-state index in [1.807, 2.05) is 0 Å². The van der Waals surface area contributed by atoms with Gasteiger partial charge in [-0.25, -0.2) is 0 Å². The van der Waals surface area contributed by atoms with Crippen molar-refractivity contribution in [1.82, 2.24) is 0 Å². The van der Waals surface area contributed by atoms with Crippen LogP contribution in [-0.2, 0) is 0 Å². The lowest BCUT2D eigenvalue weighted by molar-refractivity contribution is 1.03. The van der Waals surface area contributed by atoms with E-state index in [0.29, 0.717) is 6.54 Å². The molecule has 0 saturated heterocycles. The first-order valence-corrected chi connectivity index (χ1v) is 5.20. The Labute approximate surface area is 81.4 Å². The number of fused-ring (bicyclic) bond motifs is 1. The lowest BCUT2D eigenvalue weighted by Crippen LogP contribution is -2.12. The molecule has 0 saturated carbocycles. The Morgan fingerprint density at radius 2 is 2.15 bits per heavy atom. The molecule has 0 fully saturated rings. The van der Waals surface area contributed by atoms with Gasteiger partial charge in [0.2, 0.25) is 0 Å². The predicted octanol–water partition coefficient (Wildman–Crippen LogP) is 2.27. The molecule has 0 aliphatic carbocycles. The van der Waals surface area contributed by atoms with Gasteiger partial charge in [-0.1, -0.05) is 18.2 Å². The highest BCUT2D eigenvalue weighted by Gasteiger charge is 2.00. The number of rotatable bonds is 3. The maximum absolute atomic E-state index is 5.43. The van der Waals surface area contributed by atoms with Crippen molar-refractivity contribution < 1.29 is 0 Å². The Hall–Kier alpha value is -1.06. The monoisotopic (exact) mass is 192 g/mol. The van der Waals surface area contributed by atoms with E-state index in [2.05, 4.69) is 35.0 Å². The standard InChI is InChI=1S/C10H12N2S/c11-5-6-12-9-7-13-10-4-2-1-3-8(9)10/h1-4,7,12H,5-6,11H2. The summed E-state index contributed by atoms with van der Waals surface area (Å²) < 4.78 is 1.32. The zero-order valence-corrected chi connectivity index (χ0v) is 8.10. The van der Waals surface area contributed by atoms with Crippen molar-refractivity contribution in [3.05, 3.63) is 29.6 Å². The Balaban J connectivity index is 2.35. The van der Waals surface area contributed by atoms with Crippen molar-refractivity contribution in [2.75, 3.05) is 18.4 Å². The first kappa shape index (κ1) is 8.53. The normalized spacial score (nSPS) is 10.5. The van der Waals surface area contributed by atoms with Crippen molar-refractivity contribution in [2.24, 2.45) is 5.73 Å². The van der Waals surface area contributed by atoms with Crippen molar-refractivity contribution in [2.45, 2.75) is 0 Å². The van der Waals surface area contributed by atoms with Crippen molar-refractivity contribution in [3.63, 3.8) is 0 Å². The summed E-state index contributed by atoms with van der Waals surface area (Å²) in [5.41, 5.74) is 6.63. The lowest BCUT2D eigenvalue weighted by atomic mass is 10.2. The molecule has 1 aromatic carbocycles. The number of nitrogens with one attached hydrogen (secondary N) is 1. The molecular weight excluding hydrogens is 180 g/mol. The largest absolute Gasteiger partial charge is 0.383 e. The smallest absolute Gasteiger partial charge is 0.0529 e. The quantitative estimate of drug-likeness (QED) is 0.783. The first-order valence-electron chi connectivity index (χ1n) is 4.32. The van der Waals surface area contributed by atoms with E-state index < -0.39 is 0 Å². The molecule has 1 heterocycles. The lowest BCUT2D eigenvalue weighted by Gasteiger charge is -2.01. The SMILES string of the molecule is NCCNc1csc2ccccc12. The molecule has 0 aliphatic heterocycles. The summed E-state index contributed by atoms with van der Waals surface area (Å²) in [6.45, 7) is 1.50. The molecule has 13 heavy (non-hydrogen) atoms. The molecular formula is C10H12N2S. The Bertz CT molecular complexity index is 394. The second-order valence-electron chi connectivity index (χ2n) is 2.86. The second-order valence-corrected chi connectivity index (χ2v) is 3.77. The van der Waals surface area contributed by atoms with Gasteiger partial charge in [-0.15, -0.1) is 11.3 Å². The zero-order valence-electron chi connectivity index (χ0n) is 7.29. The topological polar surface area (TPSA) is 38.0 Å². The Kier molecular flexibility index (Phi) is 2.47. The minimum absolute atomic E-state index is 0.671. The van der Waals surface area contributed by atoms with Gasteiger partial charge in [0.1, 0.15) is 0 Å². The summed E-state index contributed by atoms with van der Waals surface area (Å²) in [5, 5.41) is 6.73. The van der Waals surface area contributed by atoms with Crippen molar-refractivity contribution >= 4 is 27.1 Å². The molecule has 3 heteroatoms. The van der Waals surface area contributed by atoms with Gasteiger partial charge in [-0.05, 0) is 6.07 Å². The van der Waals surface area contributed by atoms with Crippen LogP contribution in [0.2, 0.25) is 0 Å². The van der Waals surface area contributed by atoms with Crippen LogP contribution in [0.15, 0.2) is 29.6 Å². The highest BCUT2D eigenvalue weighted by atomic mass is 32.1. The first-order chi connectivity index (χ1) is 6.42. The van der Waals surface area contributed by atoms with Gasteiger partial charge in [0.05, 0.1) is 5.69 Å². The number of anilines is 1. The maximum Gasteiger partial charge on any atom is 0.0529 e. The molecule has 3 N–H and O–H groups in total. The molecule has 0 radical (unpaired) electrons. The zero-order chi connectivity index (χ0) is 9.10. The van der Waals surface area contributed by atoms with Crippen LogP contribution in [0.25, 0.3) is 10.1 Å². The van der Waals surface area contributed by atoms with Crippen LogP contribution >= 0.6 is 11.3 Å². The summed E-state index contributed by atoms with van der Waals surface area (Å²) in [5.74, 6) is 0. The van der Waals surface area contributed by atoms with E-state index >= 15 is 0 Å². The highest BCUT2D eigenvalue weighted by Crippen LogP contribution is 2.29.